The van der Waals surface area contributed by atoms with Crippen molar-refractivity contribution in [3.63, 3.8) is 0 Å². The molecule has 200 valence electrons. The lowest BCUT2D eigenvalue weighted by Gasteiger charge is -2.32. The highest BCUT2D eigenvalue weighted by Gasteiger charge is 2.21. The molecule has 5 nitrogen and oxygen atoms in total. The summed E-state index contributed by atoms with van der Waals surface area (Å²) in [4.78, 5) is 7.67. The lowest BCUT2D eigenvalue weighted by molar-refractivity contribution is 0.150. The third-order valence-electron chi connectivity index (χ3n) is 7.41. The van der Waals surface area contributed by atoms with Gasteiger partial charge in [0.25, 0.3) is 0 Å². The Bertz CT molecular complexity index is 1100. The van der Waals surface area contributed by atoms with Crippen molar-refractivity contribution < 1.29 is 4.74 Å². The van der Waals surface area contributed by atoms with Gasteiger partial charge in [0, 0.05) is 60.6 Å². The van der Waals surface area contributed by atoms with Crippen molar-refractivity contribution in [1.82, 2.24) is 10.3 Å². The smallest absolute Gasteiger partial charge is 0.140 e. The summed E-state index contributed by atoms with van der Waals surface area (Å²) in [5.74, 6) is 2.46. The molecule has 0 atom stereocenters. The van der Waals surface area contributed by atoms with Gasteiger partial charge in [-0.05, 0) is 80.0 Å². The molecule has 4 rings (SSSR count). The Balaban J connectivity index is 1.60. The van der Waals surface area contributed by atoms with E-state index in [1.54, 1.807) is 0 Å². The molecule has 37 heavy (non-hydrogen) atoms. The molecule has 0 amide bonds. The molecule has 1 aromatic carbocycles. The van der Waals surface area contributed by atoms with E-state index in [2.05, 4.69) is 79.6 Å². The van der Waals surface area contributed by atoms with Crippen LogP contribution in [0.25, 0.3) is 11.8 Å². The normalized spacial score (nSPS) is 16.0. The first-order valence-electron chi connectivity index (χ1n) is 14.4. The van der Waals surface area contributed by atoms with Crippen LogP contribution in [0.5, 0.6) is 0 Å². The van der Waals surface area contributed by atoms with Crippen molar-refractivity contribution in [2.24, 2.45) is 11.8 Å². The van der Waals surface area contributed by atoms with E-state index < -0.39 is 0 Å². The Hall–Kier alpha value is -2.79. The van der Waals surface area contributed by atoms with Crippen molar-refractivity contribution >= 4 is 29.0 Å². The van der Waals surface area contributed by atoms with Crippen molar-refractivity contribution in [3.8, 4) is 0 Å². The van der Waals surface area contributed by atoms with Gasteiger partial charge in [0.1, 0.15) is 5.82 Å². The molecule has 1 aromatic heterocycles. The minimum atomic E-state index is 0.637. The van der Waals surface area contributed by atoms with Gasteiger partial charge in [0.2, 0.25) is 0 Å². The van der Waals surface area contributed by atoms with Crippen LogP contribution in [-0.4, -0.2) is 31.3 Å². The van der Waals surface area contributed by atoms with Crippen LogP contribution in [0.3, 0.4) is 0 Å². The second kappa shape index (κ2) is 13.1. The van der Waals surface area contributed by atoms with Crippen molar-refractivity contribution in [2.75, 3.05) is 36.5 Å². The molecule has 2 heterocycles. The van der Waals surface area contributed by atoms with Crippen LogP contribution < -0.4 is 15.5 Å². The van der Waals surface area contributed by atoms with E-state index in [1.165, 1.54) is 42.5 Å². The summed E-state index contributed by atoms with van der Waals surface area (Å²) in [6, 6.07) is 8.99. The molecule has 0 saturated heterocycles. The van der Waals surface area contributed by atoms with Crippen LogP contribution in [0.1, 0.15) is 82.2 Å². The average molecular weight is 503 g/mol. The van der Waals surface area contributed by atoms with E-state index >= 15 is 0 Å². The molecule has 0 bridgehead atoms. The minimum absolute atomic E-state index is 0.637. The number of pyridine rings is 1. The number of ether oxygens (including phenoxy) is 1. The molecule has 0 spiro atoms. The molecule has 1 saturated carbocycles. The van der Waals surface area contributed by atoms with Gasteiger partial charge in [-0.25, -0.2) is 4.98 Å². The van der Waals surface area contributed by atoms with Crippen LogP contribution in [-0.2, 0) is 11.2 Å². The predicted octanol–water partition coefficient (Wildman–Crippen LogP) is 7.69. The first kappa shape index (κ1) is 27.3. The number of aromatic nitrogens is 1. The summed E-state index contributed by atoms with van der Waals surface area (Å²) in [5.41, 5.74) is 8.22. The lowest BCUT2D eigenvalue weighted by atomic mass is 9.83. The number of allylic oxidation sites excluding steroid dienone is 1. The summed E-state index contributed by atoms with van der Waals surface area (Å²) in [6.45, 7) is 14.7. The molecule has 1 fully saturated rings. The number of nitrogens with zero attached hydrogens (tertiary/aromatic N) is 2. The standard InChI is InChI=1S/C32H46N4O/c1-6-9-29-31-26(14-17-33-29)21-28(16-19-37-7-2)35-32(31)34-27-12-13-30(24(5)20-27)36(22-23(3)4)18-15-25-10-8-11-25/h9,12-14,17,20-21,23,25,33H,6-8,10-11,15-16,18-19,22H2,1-5H3,(H,34,35)/b29-9-. The first-order valence-corrected chi connectivity index (χ1v) is 14.4. The maximum Gasteiger partial charge on any atom is 0.140 e. The van der Waals surface area contributed by atoms with Crippen molar-refractivity contribution in [3.05, 3.63) is 58.9 Å². The Morgan fingerprint density at radius 1 is 1.22 bits per heavy atom. The Morgan fingerprint density at radius 2 is 2.05 bits per heavy atom. The van der Waals surface area contributed by atoms with Gasteiger partial charge in [0.15, 0.2) is 0 Å². The lowest BCUT2D eigenvalue weighted by Crippen LogP contribution is -2.31. The molecule has 0 radical (unpaired) electrons. The number of benzene rings is 1. The predicted molar refractivity (Wildman–Crippen MR) is 158 cm³/mol. The summed E-state index contributed by atoms with van der Waals surface area (Å²) < 4.78 is 5.62. The highest BCUT2D eigenvalue weighted by atomic mass is 16.5. The van der Waals surface area contributed by atoms with E-state index in [9.17, 15) is 0 Å². The molecular formula is C32H46N4O. The second-order valence-corrected chi connectivity index (χ2v) is 10.9. The van der Waals surface area contributed by atoms with Crippen LogP contribution >= 0.6 is 0 Å². The maximum atomic E-state index is 5.62. The number of hydrogen-bond donors (Lipinski definition) is 2. The number of rotatable bonds is 13. The second-order valence-electron chi connectivity index (χ2n) is 10.9. The van der Waals surface area contributed by atoms with Crippen LogP contribution in [0.4, 0.5) is 17.2 Å². The zero-order valence-corrected chi connectivity index (χ0v) is 23.6. The summed E-state index contributed by atoms with van der Waals surface area (Å²) >= 11 is 0. The Kier molecular flexibility index (Phi) is 9.68. The topological polar surface area (TPSA) is 49.4 Å². The van der Waals surface area contributed by atoms with Crippen molar-refractivity contribution in [2.45, 2.75) is 73.1 Å². The van der Waals surface area contributed by atoms with Crippen LogP contribution in [0, 0.1) is 18.8 Å². The zero-order chi connectivity index (χ0) is 26.2. The minimum Gasteiger partial charge on any atom is -0.381 e. The monoisotopic (exact) mass is 502 g/mol. The number of aryl methyl sites for hydroxylation is 1. The van der Waals surface area contributed by atoms with E-state index in [0.29, 0.717) is 12.5 Å². The molecular weight excluding hydrogens is 456 g/mol. The van der Waals surface area contributed by atoms with E-state index in [-0.39, 0.29) is 0 Å². The maximum absolute atomic E-state index is 5.62. The third-order valence-corrected chi connectivity index (χ3v) is 7.41. The SMILES string of the molecule is CC/C=C1\NC=Cc2cc(CCOCC)nc(Nc3ccc(N(CCC4CCC4)CC(C)C)c(C)c3)c21. The van der Waals surface area contributed by atoms with Gasteiger partial charge in [-0.3, -0.25) is 0 Å². The number of fused-ring (bicyclic) bond motifs is 1. The summed E-state index contributed by atoms with van der Waals surface area (Å²) in [6.07, 6.45) is 13.7. The Labute approximate surface area is 224 Å². The van der Waals surface area contributed by atoms with Crippen LogP contribution in [0.15, 0.2) is 36.5 Å². The number of hydrogen-bond acceptors (Lipinski definition) is 5. The summed E-state index contributed by atoms with van der Waals surface area (Å²) in [5, 5.41) is 7.11. The highest BCUT2D eigenvalue weighted by molar-refractivity contribution is 5.85. The van der Waals surface area contributed by atoms with Gasteiger partial charge in [-0.15, -0.1) is 0 Å². The molecule has 5 heteroatoms. The van der Waals surface area contributed by atoms with Gasteiger partial charge in [-0.1, -0.05) is 46.1 Å². The van der Waals surface area contributed by atoms with Crippen molar-refractivity contribution in [1.29, 1.82) is 0 Å². The number of nitrogens with one attached hydrogen (secondary N) is 2. The fourth-order valence-electron chi connectivity index (χ4n) is 5.33. The van der Waals surface area contributed by atoms with Gasteiger partial charge in [-0.2, -0.15) is 0 Å². The molecule has 0 unspecified atom stereocenters. The molecule has 1 aliphatic carbocycles. The molecule has 1 aliphatic heterocycles. The molecule has 2 aromatic rings. The molecule has 2 N–H and O–H groups in total. The summed E-state index contributed by atoms with van der Waals surface area (Å²) in [7, 11) is 0. The van der Waals surface area contributed by atoms with Crippen LogP contribution in [0.2, 0.25) is 0 Å². The highest BCUT2D eigenvalue weighted by Crippen LogP contribution is 2.34. The van der Waals surface area contributed by atoms with Gasteiger partial charge in [0.05, 0.1) is 6.61 Å². The average Bonchev–Trinajstić information content (AvgIpc) is 2.83. The quantitative estimate of drug-likeness (QED) is 0.275. The fraction of sp³-hybridized carbons (Fsp3) is 0.531. The van der Waals surface area contributed by atoms with E-state index in [0.717, 1.165) is 66.9 Å². The number of anilines is 3. The van der Waals surface area contributed by atoms with Gasteiger partial charge >= 0.3 is 0 Å². The largest absolute Gasteiger partial charge is 0.381 e. The van der Waals surface area contributed by atoms with Gasteiger partial charge < -0.3 is 20.3 Å². The zero-order valence-electron chi connectivity index (χ0n) is 23.6. The van der Waals surface area contributed by atoms with E-state index in [4.69, 9.17) is 9.72 Å². The molecule has 2 aliphatic rings. The fourth-order valence-corrected chi connectivity index (χ4v) is 5.33. The third kappa shape index (κ3) is 7.16. The first-order chi connectivity index (χ1) is 18.0. The Morgan fingerprint density at radius 3 is 2.73 bits per heavy atom. The van der Waals surface area contributed by atoms with E-state index in [1.807, 2.05) is 13.1 Å².